The molecule has 0 saturated heterocycles. The molecule has 0 bridgehead atoms. The Labute approximate surface area is 163 Å². The van der Waals surface area contributed by atoms with Crippen LogP contribution in [0.25, 0.3) is 11.4 Å². The molecular weight excluding hydrogens is 360 g/mol. The fourth-order valence-corrected chi connectivity index (χ4v) is 3.86. The van der Waals surface area contributed by atoms with Crippen LogP contribution in [-0.4, -0.2) is 39.7 Å². The van der Waals surface area contributed by atoms with Crippen molar-refractivity contribution in [2.45, 2.75) is 18.3 Å². The molecule has 0 aliphatic heterocycles. The number of benzene rings is 2. The first-order valence-corrected chi connectivity index (χ1v) is 9.29. The van der Waals surface area contributed by atoms with E-state index in [1.54, 1.807) is 26.2 Å². The summed E-state index contributed by atoms with van der Waals surface area (Å²) in [5.41, 5.74) is 2.54. The summed E-state index contributed by atoms with van der Waals surface area (Å²) < 4.78 is 2.02. The molecule has 0 radical (unpaired) electrons. The number of aromatic nitrogens is 3. The molecule has 1 heterocycles. The Morgan fingerprint density at radius 3 is 2.41 bits per heavy atom. The van der Waals surface area contributed by atoms with Crippen molar-refractivity contribution in [2.75, 3.05) is 14.1 Å². The zero-order valence-corrected chi connectivity index (χ0v) is 16.4. The van der Waals surface area contributed by atoms with Crippen LogP contribution in [0.2, 0.25) is 5.02 Å². The Morgan fingerprint density at radius 1 is 1.11 bits per heavy atom. The van der Waals surface area contributed by atoms with Crippen LogP contribution in [0.5, 0.6) is 0 Å². The van der Waals surface area contributed by atoms with E-state index < -0.39 is 0 Å². The highest BCUT2D eigenvalue weighted by atomic mass is 35.5. The maximum atomic E-state index is 12.1. The molecule has 0 atom stereocenters. The number of rotatable bonds is 4. The third-order valence-electron chi connectivity index (χ3n) is 5.24. The van der Waals surface area contributed by atoms with Gasteiger partial charge in [0.2, 0.25) is 0 Å². The van der Waals surface area contributed by atoms with E-state index in [0.29, 0.717) is 16.4 Å². The summed E-state index contributed by atoms with van der Waals surface area (Å²) in [5.74, 6) is 1.58. The Morgan fingerprint density at radius 2 is 1.81 bits per heavy atom. The molecule has 4 rings (SSSR count). The van der Waals surface area contributed by atoms with Crippen molar-refractivity contribution in [3.63, 3.8) is 0 Å². The van der Waals surface area contributed by atoms with Gasteiger partial charge in [-0.05, 0) is 36.6 Å². The van der Waals surface area contributed by atoms with Gasteiger partial charge in [-0.25, -0.2) is 0 Å². The second kappa shape index (κ2) is 6.50. The summed E-state index contributed by atoms with van der Waals surface area (Å²) in [6.45, 7) is 0. The predicted molar refractivity (Wildman–Crippen MR) is 106 cm³/mol. The summed E-state index contributed by atoms with van der Waals surface area (Å²) in [6.07, 6.45) is 2.12. The van der Waals surface area contributed by atoms with E-state index in [2.05, 4.69) is 34.5 Å². The highest BCUT2D eigenvalue weighted by Gasteiger charge is 2.49. The molecule has 1 aromatic heterocycles. The summed E-state index contributed by atoms with van der Waals surface area (Å²) in [5, 5.41) is 9.42. The third kappa shape index (κ3) is 2.92. The summed E-state index contributed by atoms with van der Waals surface area (Å²) in [6, 6.07) is 15.8. The summed E-state index contributed by atoms with van der Waals surface area (Å²) in [4.78, 5) is 13.7. The van der Waals surface area contributed by atoms with Gasteiger partial charge >= 0.3 is 0 Å². The molecule has 1 aliphatic rings. The number of hydrogen-bond donors (Lipinski definition) is 0. The molecular formula is C21H21ClN4O. The van der Waals surface area contributed by atoms with Gasteiger partial charge in [-0.1, -0.05) is 41.9 Å². The smallest absolute Gasteiger partial charge is 0.253 e. The van der Waals surface area contributed by atoms with Crippen LogP contribution in [0.4, 0.5) is 0 Å². The fourth-order valence-electron chi connectivity index (χ4n) is 3.59. The lowest BCUT2D eigenvalue weighted by molar-refractivity contribution is 0.0827. The maximum absolute atomic E-state index is 12.1. The highest BCUT2D eigenvalue weighted by Crippen LogP contribution is 2.53. The molecule has 3 aromatic rings. The van der Waals surface area contributed by atoms with Crippen LogP contribution in [0.3, 0.4) is 0 Å². The number of hydrogen-bond acceptors (Lipinski definition) is 3. The Hall–Kier alpha value is -2.66. The second-order valence-corrected chi connectivity index (χ2v) is 7.66. The molecule has 1 fully saturated rings. The van der Waals surface area contributed by atoms with Gasteiger partial charge in [0.25, 0.3) is 5.91 Å². The summed E-state index contributed by atoms with van der Waals surface area (Å²) >= 11 is 6.49. The van der Waals surface area contributed by atoms with Crippen molar-refractivity contribution < 1.29 is 4.79 Å². The first kappa shape index (κ1) is 17.7. The first-order chi connectivity index (χ1) is 12.9. The SMILES string of the molecule is CN(C)C(=O)c1ccc(-c2nnc(C3(c4ccccc4)CC3)n2C)c(Cl)c1. The quantitative estimate of drug-likeness (QED) is 0.689. The molecule has 0 spiro atoms. The number of amides is 1. The molecule has 1 amide bonds. The van der Waals surface area contributed by atoms with Crippen molar-refractivity contribution in [1.29, 1.82) is 0 Å². The zero-order valence-electron chi connectivity index (χ0n) is 15.6. The van der Waals surface area contributed by atoms with Crippen LogP contribution in [0.1, 0.15) is 34.6 Å². The zero-order chi connectivity index (χ0) is 19.2. The van der Waals surface area contributed by atoms with Crippen molar-refractivity contribution in [3.05, 3.63) is 70.5 Å². The molecule has 138 valence electrons. The lowest BCUT2D eigenvalue weighted by Gasteiger charge is -2.16. The third-order valence-corrected chi connectivity index (χ3v) is 5.56. The average Bonchev–Trinajstić information content (AvgIpc) is 3.39. The molecule has 0 N–H and O–H groups in total. The molecule has 6 heteroatoms. The van der Waals surface area contributed by atoms with E-state index in [4.69, 9.17) is 11.6 Å². The Bertz CT molecular complexity index is 1010. The predicted octanol–water partition coefficient (Wildman–Crippen LogP) is 3.92. The second-order valence-electron chi connectivity index (χ2n) is 7.25. The standard InChI is InChI=1S/C21H21ClN4O/c1-25(2)19(27)14-9-10-16(17(22)13-14)18-23-24-20(26(18)3)21(11-12-21)15-7-5-4-6-8-15/h4-10,13H,11-12H2,1-3H3. The minimum Gasteiger partial charge on any atom is -0.345 e. The van der Waals surface area contributed by atoms with E-state index in [1.807, 2.05) is 23.7 Å². The van der Waals surface area contributed by atoms with Gasteiger partial charge in [0.05, 0.1) is 10.4 Å². The van der Waals surface area contributed by atoms with Crippen molar-refractivity contribution in [2.24, 2.45) is 7.05 Å². The van der Waals surface area contributed by atoms with Crippen molar-refractivity contribution in [1.82, 2.24) is 19.7 Å². The van der Waals surface area contributed by atoms with Crippen LogP contribution in [-0.2, 0) is 12.5 Å². The van der Waals surface area contributed by atoms with E-state index in [9.17, 15) is 4.79 Å². The monoisotopic (exact) mass is 380 g/mol. The lowest BCUT2D eigenvalue weighted by atomic mass is 9.95. The van der Waals surface area contributed by atoms with E-state index in [0.717, 1.165) is 24.2 Å². The molecule has 1 aliphatic carbocycles. The number of carbonyl (C=O) groups excluding carboxylic acids is 1. The minimum absolute atomic E-state index is 0.0609. The maximum Gasteiger partial charge on any atom is 0.253 e. The average molecular weight is 381 g/mol. The van der Waals surface area contributed by atoms with Gasteiger partial charge in [0.15, 0.2) is 5.82 Å². The van der Waals surface area contributed by atoms with E-state index in [1.165, 1.54) is 10.5 Å². The van der Waals surface area contributed by atoms with Gasteiger partial charge in [-0.3, -0.25) is 4.79 Å². The molecule has 2 aromatic carbocycles. The number of carbonyl (C=O) groups is 1. The van der Waals surface area contributed by atoms with Gasteiger partial charge in [0.1, 0.15) is 5.82 Å². The van der Waals surface area contributed by atoms with Crippen LogP contribution >= 0.6 is 11.6 Å². The van der Waals surface area contributed by atoms with Crippen LogP contribution in [0, 0.1) is 0 Å². The lowest BCUT2D eigenvalue weighted by Crippen LogP contribution is -2.21. The summed E-state index contributed by atoms with van der Waals surface area (Å²) in [7, 11) is 5.42. The fraction of sp³-hybridized carbons (Fsp3) is 0.286. The molecule has 1 saturated carbocycles. The Kier molecular flexibility index (Phi) is 4.27. The molecule has 5 nitrogen and oxygen atoms in total. The Balaban J connectivity index is 1.73. The van der Waals surface area contributed by atoms with E-state index in [-0.39, 0.29) is 11.3 Å². The van der Waals surface area contributed by atoms with Gasteiger partial charge in [-0.2, -0.15) is 0 Å². The van der Waals surface area contributed by atoms with Gasteiger partial charge in [0, 0.05) is 32.3 Å². The topological polar surface area (TPSA) is 51.0 Å². The van der Waals surface area contributed by atoms with Crippen LogP contribution < -0.4 is 0 Å². The van der Waals surface area contributed by atoms with Crippen LogP contribution in [0.15, 0.2) is 48.5 Å². The molecule has 0 unspecified atom stereocenters. The number of nitrogens with zero attached hydrogens (tertiary/aromatic N) is 4. The van der Waals surface area contributed by atoms with Gasteiger partial charge < -0.3 is 9.47 Å². The first-order valence-electron chi connectivity index (χ1n) is 8.91. The highest BCUT2D eigenvalue weighted by molar-refractivity contribution is 6.33. The van der Waals surface area contributed by atoms with Gasteiger partial charge in [-0.15, -0.1) is 10.2 Å². The normalized spacial score (nSPS) is 14.8. The van der Waals surface area contributed by atoms with E-state index >= 15 is 0 Å². The largest absolute Gasteiger partial charge is 0.345 e. The van der Waals surface area contributed by atoms with Crippen molar-refractivity contribution >= 4 is 17.5 Å². The number of halogens is 1. The minimum atomic E-state index is -0.0804. The van der Waals surface area contributed by atoms with Crippen molar-refractivity contribution in [3.8, 4) is 11.4 Å². The molecule has 27 heavy (non-hydrogen) atoms.